The Morgan fingerprint density at radius 1 is 0.957 bits per heavy atom. The van der Waals surface area contributed by atoms with E-state index in [-0.39, 0.29) is 46.3 Å². The third kappa shape index (κ3) is 6.77. The first-order valence-electron chi connectivity index (χ1n) is 14.3. The quantitative estimate of drug-likeness (QED) is 0.165. The monoisotopic (exact) mass is 667 g/mol. The SMILES string of the molecule is CN(C(=O)c1cc2cc(F)c(F)cc2n1COP(=O)(OC(C)(C)C)OC(C)(C)C)[C@@H]1COCc2[nH]c(=O)c3cc(F)c(F)cc3c21. The average molecular weight is 668 g/mol. The van der Waals surface area contributed by atoms with Crippen LogP contribution in [0.1, 0.15) is 69.3 Å². The number of aromatic nitrogens is 2. The molecule has 0 radical (unpaired) electrons. The van der Waals surface area contributed by atoms with E-state index >= 15 is 0 Å². The van der Waals surface area contributed by atoms with Gasteiger partial charge in [-0.15, -0.1) is 0 Å². The number of pyridine rings is 1. The Hall–Kier alpha value is -3.55. The van der Waals surface area contributed by atoms with Crippen LogP contribution in [0.5, 0.6) is 0 Å². The maximum absolute atomic E-state index is 14.5. The minimum Gasteiger partial charge on any atom is -0.373 e. The van der Waals surface area contributed by atoms with Crippen LogP contribution >= 0.6 is 7.82 Å². The zero-order chi connectivity index (χ0) is 33.9. The molecule has 0 bridgehead atoms. The van der Waals surface area contributed by atoms with E-state index in [1.807, 2.05) is 0 Å². The summed E-state index contributed by atoms with van der Waals surface area (Å²) in [7, 11) is -2.90. The molecule has 4 aromatic rings. The normalized spacial score (nSPS) is 15.8. The lowest BCUT2D eigenvalue weighted by molar-refractivity contribution is -0.00625. The number of carbonyl (C=O) groups excluding carboxylic acids is 1. The van der Waals surface area contributed by atoms with Gasteiger partial charge in [0.25, 0.3) is 11.5 Å². The van der Waals surface area contributed by atoms with Gasteiger partial charge in [-0.1, -0.05) is 0 Å². The van der Waals surface area contributed by atoms with E-state index in [0.29, 0.717) is 5.56 Å². The Balaban J connectivity index is 1.59. The molecule has 1 aliphatic heterocycles. The third-order valence-electron chi connectivity index (χ3n) is 7.11. The number of aromatic amines is 1. The van der Waals surface area contributed by atoms with Crippen molar-refractivity contribution in [2.75, 3.05) is 13.7 Å². The fourth-order valence-electron chi connectivity index (χ4n) is 5.31. The summed E-state index contributed by atoms with van der Waals surface area (Å²) >= 11 is 0. The number of rotatable bonds is 7. The number of nitrogens with zero attached hydrogens (tertiary/aromatic N) is 2. The van der Waals surface area contributed by atoms with Crippen molar-refractivity contribution in [3.05, 3.63) is 80.9 Å². The number of benzene rings is 2. The summed E-state index contributed by atoms with van der Waals surface area (Å²) in [5.41, 5.74) is -2.09. The highest BCUT2D eigenvalue weighted by molar-refractivity contribution is 7.48. The second-order valence-electron chi connectivity index (χ2n) is 13.0. The van der Waals surface area contributed by atoms with Crippen molar-refractivity contribution in [2.24, 2.45) is 0 Å². The van der Waals surface area contributed by atoms with Crippen molar-refractivity contribution in [3.63, 3.8) is 0 Å². The van der Waals surface area contributed by atoms with E-state index in [0.717, 1.165) is 24.3 Å². The molecular formula is C31H34F4N3O7P. The molecule has 15 heteroatoms. The van der Waals surface area contributed by atoms with E-state index in [1.54, 1.807) is 41.5 Å². The lowest BCUT2D eigenvalue weighted by Gasteiger charge is -2.34. The summed E-state index contributed by atoms with van der Waals surface area (Å²) in [4.78, 5) is 30.7. The Labute approximate surface area is 261 Å². The fourth-order valence-corrected chi connectivity index (χ4v) is 7.05. The van der Waals surface area contributed by atoms with Gasteiger partial charge in [0.15, 0.2) is 23.3 Å². The molecule has 0 saturated heterocycles. The predicted molar refractivity (Wildman–Crippen MR) is 161 cm³/mol. The molecule has 248 valence electrons. The van der Waals surface area contributed by atoms with Crippen molar-refractivity contribution >= 4 is 35.4 Å². The van der Waals surface area contributed by atoms with Crippen LogP contribution in [-0.4, -0.2) is 45.2 Å². The minimum atomic E-state index is -4.32. The van der Waals surface area contributed by atoms with Crippen LogP contribution in [0.25, 0.3) is 21.7 Å². The van der Waals surface area contributed by atoms with Crippen LogP contribution in [0, 0.1) is 23.3 Å². The van der Waals surface area contributed by atoms with Gasteiger partial charge >= 0.3 is 7.82 Å². The van der Waals surface area contributed by atoms with Gasteiger partial charge in [0, 0.05) is 29.8 Å². The van der Waals surface area contributed by atoms with Crippen LogP contribution in [0.15, 0.2) is 35.1 Å². The molecule has 2 aromatic heterocycles. The largest absolute Gasteiger partial charge is 0.477 e. The number of halogens is 4. The first-order valence-corrected chi connectivity index (χ1v) is 15.8. The first kappa shape index (κ1) is 33.8. The molecule has 3 heterocycles. The Bertz CT molecular complexity index is 1940. The summed E-state index contributed by atoms with van der Waals surface area (Å²) in [6, 6.07) is 3.86. The highest BCUT2D eigenvalue weighted by Crippen LogP contribution is 2.55. The zero-order valence-electron chi connectivity index (χ0n) is 26.3. The van der Waals surface area contributed by atoms with Gasteiger partial charge in [0.1, 0.15) is 12.4 Å². The van der Waals surface area contributed by atoms with Crippen molar-refractivity contribution in [1.82, 2.24) is 14.5 Å². The second kappa shape index (κ2) is 11.9. The summed E-state index contributed by atoms with van der Waals surface area (Å²) in [5, 5.41) is 0.112. The standard InChI is InChI=1S/C31H34F4N3O7P/c1-30(2,3)44-46(41,45-31(4,5)6)43-15-38-24-12-22(35)19(32)8-16(24)9-25(38)29(40)37(7)26-14-42-13-23-27(26)17-10-20(33)21(34)11-18(17)28(39)36-23/h8-12,26H,13-15H2,1-7H3,(H,36,39)/t26-/m1/s1. The Morgan fingerprint density at radius 3 is 2.13 bits per heavy atom. The van der Waals surface area contributed by atoms with Gasteiger partial charge in [-0.2, -0.15) is 0 Å². The third-order valence-corrected chi connectivity index (χ3v) is 9.08. The van der Waals surface area contributed by atoms with Gasteiger partial charge in [0.05, 0.1) is 41.4 Å². The molecule has 0 saturated carbocycles. The molecule has 1 atom stereocenters. The molecule has 1 amide bonds. The minimum absolute atomic E-state index is 0.0429. The van der Waals surface area contributed by atoms with E-state index in [2.05, 4.69) is 4.98 Å². The molecule has 0 unspecified atom stereocenters. The molecule has 0 spiro atoms. The molecule has 10 nitrogen and oxygen atoms in total. The van der Waals surface area contributed by atoms with E-state index in [9.17, 15) is 31.7 Å². The number of hydrogen-bond donors (Lipinski definition) is 1. The number of phosphoric acid groups is 1. The number of phosphoric ester groups is 1. The lowest BCUT2D eigenvalue weighted by Crippen LogP contribution is -2.38. The highest BCUT2D eigenvalue weighted by Gasteiger charge is 2.38. The number of likely N-dealkylation sites (N-methyl/N-ethyl adjacent to an activating group) is 1. The molecule has 1 N–H and O–H groups in total. The maximum atomic E-state index is 14.5. The Kier molecular flexibility index (Phi) is 8.75. The Morgan fingerprint density at radius 2 is 1.52 bits per heavy atom. The van der Waals surface area contributed by atoms with Gasteiger partial charge < -0.3 is 19.2 Å². The van der Waals surface area contributed by atoms with Crippen LogP contribution in [0.2, 0.25) is 0 Å². The molecular weight excluding hydrogens is 633 g/mol. The summed E-state index contributed by atoms with van der Waals surface area (Å²) < 4.78 is 95.0. The maximum Gasteiger partial charge on any atom is 0.477 e. The summed E-state index contributed by atoms with van der Waals surface area (Å²) in [5.74, 6) is -5.45. The van der Waals surface area contributed by atoms with Gasteiger partial charge in [-0.05, 0) is 71.2 Å². The molecule has 2 aromatic carbocycles. The molecule has 46 heavy (non-hydrogen) atoms. The average Bonchev–Trinajstić information content (AvgIpc) is 3.27. The number of H-pyrrole nitrogens is 1. The van der Waals surface area contributed by atoms with Crippen molar-refractivity contribution < 1.29 is 45.2 Å². The number of hydrogen-bond acceptors (Lipinski definition) is 7. The summed E-state index contributed by atoms with van der Waals surface area (Å²) in [6.45, 7) is 9.09. The van der Waals surface area contributed by atoms with Crippen LogP contribution < -0.4 is 5.56 Å². The van der Waals surface area contributed by atoms with E-state index < -0.39 is 66.5 Å². The van der Waals surface area contributed by atoms with E-state index in [1.165, 1.54) is 22.6 Å². The molecule has 1 aliphatic rings. The van der Waals surface area contributed by atoms with Crippen LogP contribution in [0.4, 0.5) is 17.6 Å². The molecule has 5 rings (SSSR count). The smallest absolute Gasteiger partial charge is 0.373 e. The summed E-state index contributed by atoms with van der Waals surface area (Å²) in [6.07, 6.45) is 0. The number of amides is 1. The first-order chi connectivity index (χ1) is 21.3. The molecule has 0 aliphatic carbocycles. The van der Waals surface area contributed by atoms with E-state index in [4.69, 9.17) is 18.3 Å². The van der Waals surface area contributed by atoms with Crippen molar-refractivity contribution in [2.45, 2.75) is 72.1 Å². The highest BCUT2D eigenvalue weighted by atomic mass is 31.2. The lowest BCUT2D eigenvalue weighted by atomic mass is 9.95. The topological polar surface area (TPSA) is 112 Å². The van der Waals surface area contributed by atoms with Crippen molar-refractivity contribution in [1.29, 1.82) is 0 Å². The number of nitrogens with one attached hydrogen (secondary N) is 1. The number of carbonyl (C=O) groups is 1. The van der Waals surface area contributed by atoms with Gasteiger partial charge in [-0.3, -0.25) is 23.2 Å². The van der Waals surface area contributed by atoms with Gasteiger partial charge in [-0.25, -0.2) is 22.1 Å². The van der Waals surface area contributed by atoms with Gasteiger partial charge in [0.2, 0.25) is 0 Å². The second-order valence-corrected chi connectivity index (χ2v) is 14.5. The van der Waals surface area contributed by atoms with Crippen LogP contribution in [-0.2, 0) is 36.2 Å². The molecule has 0 fully saturated rings. The fraction of sp³-hybridized carbons (Fsp3) is 0.419. The predicted octanol–water partition coefficient (Wildman–Crippen LogP) is 7.10. The zero-order valence-corrected chi connectivity index (χ0v) is 27.2. The number of ether oxygens (including phenoxy) is 1. The van der Waals surface area contributed by atoms with Crippen molar-refractivity contribution in [3.8, 4) is 0 Å². The number of fused-ring (bicyclic) bond motifs is 4. The van der Waals surface area contributed by atoms with Crippen LogP contribution in [0.3, 0.4) is 0 Å².